The van der Waals surface area contributed by atoms with Crippen LogP contribution in [0.3, 0.4) is 0 Å². The molecule has 0 saturated heterocycles. The van der Waals surface area contributed by atoms with Gasteiger partial charge >= 0.3 is 12.1 Å². The number of benzene rings is 2. The van der Waals surface area contributed by atoms with Gasteiger partial charge in [0.25, 0.3) is 10.1 Å². The van der Waals surface area contributed by atoms with E-state index in [1.165, 1.54) is 12.0 Å². The van der Waals surface area contributed by atoms with Crippen molar-refractivity contribution in [2.75, 3.05) is 19.9 Å². The molecule has 2 aromatic carbocycles. The molecule has 1 unspecified atom stereocenters. The number of esters is 1. The zero-order valence-electron chi connectivity index (χ0n) is 17.6. The Balaban J connectivity index is 2.08. The first-order chi connectivity index (χ1) is 14.8. The molecule has 8 nitrogen and oxygen atoms in total. The molecule has 1 amide bonds. The Morgan fingerprint density at radius 3 is 2.10 bits per heavy atom. The summed E-state index contributed by atoms with van der Waals surface area (Å²) in [6.07, 6.45) is -0.740. The molecular weight excluding hydrogens is 422 g/mol. The van der Waals surface area contributed by atoms with Crippen molar-refractivity contribution in [1.82, 2.24) is 4.90 Å². The third-order valence-corrected chi connectivity index (χ3v) is 4.96. The Morgan fingerprint density at radius 1 is 0.968 bits per heavy atom. The van der Waals surface area contributed by atoms with Crippen molar-refractivity contribution in [3.63, 3.8) is 0 Å². The Labute approximate surface area is 182 Å². The summed E-state index contributed by atoms with van der Waals surface area (Å²) in [7, 11) is -2.58. The second-order valence-electron chi connectivity index (χ2n) is 6.94. The van der Waals surface area contributed by atoms with Gasteiger partial charge in [0.15, 0.2) is 0 Å². The second-order valence-corrected chi connectivity index (χ2v) is 8.54. The van der Waals surface area contributed by atoms with Gasteiger partial charge < -0.3 is 14.4 Å². The minimum Gasteiger partial charge on any atom is -0.469 e. The first-order valence-electron chi connectivity index (χ1n) is 9.71. The van der Waals surface area contributed by atoms with Crippen LogP contribution in [0, 0.1) is 0 Å². The molecule has 1 atom stereocenters. The molecule has 0 spiro atoms. The van der Waals surface area contributed by atoms with E-state index >= 15 is 0 Å². The van der Waals surface area contributed by atoms with Gasteiger partial charge in [-0.05, 0) is 17.5 Å². The zero-order valence-corrected chi connectivity index (χ0v) is 18.4. The third-order valence-electron chi connectivity index (χ3n) is 4.33. The van der Waals surface area contributed by atoms with E-state index in [4.69, 9.17) is 8.92 Å². The van der Waals surface area contributed by atoms with Crippen LogP contribution in [0.15, 0.2) is 60.7 Å². The van der Waals surface area contributed by atoms with Crippen molar-refractivity contribution in [3.05, 3.63) is 71.8 Å². The molecule has 0 bridgehead atoms. The number of ether oxygens (including phenoxy) is 2. The van der Waals surface area contributed by atoms with Gasteiger partial charge in [-0.2, -0.15) is 8.42 Å². The number of nitrogens with zero attached hydrogens (tertiary/aromatic N) is 1. The maximum absolute atomic E-state index is 12.8. The van der Waals surface area contributed by atoms with Crippen LogP contribution in [0.25, 0.3) is 0 Å². The van der Waals surface area contributed by atoms with Gasteiger partial charge in [-0.15, -0.1) is 0 Å². The van der Waals surface area contributed by atoms with Crippen LogP contribution >= 0.6 is 0 Å². The predicted octanol–water partition coefficient (Wildman–Crippen LogP) is 3.12. The first kappa shape index (κ1) is 24.4. The number of hydrogen-bond acceptors (Lipinski definition) is 7. The van der Waals surface area contributed by atoms with Crippen molar-refractivity contribution >= 4 is 22.2 Å². The highest BCUT2D eigenvalue weighted by atomic mass is 32.2. The van der Waals surface area contributed by atoms with Crippen molar-refractivity contribution in [3.8, 4) is 0 Å². The molecule has 0 fully saturated rings. The van der Waals surface area contributed by atoms with Crippen molar-refractivity contribution in [1.29, 1.82) is 0 Å². The van der Waals surface area contributed by atoms with Gasteiger partial charge in [0.2, 0.25) is 0 Å². The summed E-state index contributed by atoms with van der Waals surface area (Å²) >= 11 is 0. The molecule has 0 N–H and O–H groups in total. The van der Waals surface area contributed by atoms with E-state index in [2.05, 4.69) is 4.74 Å². The fourth-order valence-electron chi connectivity index (χ4n) is 2.85. The quantitative estimate of drug-likeness (QED) is 0.384. The molecule has 0 radical (unpaired) electrons. The number of rotatable bonds is 11. The van der Waals surface area contributed by atoms with Gasteiger partial charge in [-0.1, -0.05) is 60.7 Å². The average molecular weight is 450 g/mol. The first-order valence-corrected chi connectivity index (χ1v) is 11.5. The lowest BCUT2D eigenvalue weighted by atomic mass is 10.1. The highest BCUT2D eigenvalue weighted by Gasteiger charge is 2.23. The Bertz CT molecular complexity index is 933. The lowest BCUT2D eigenvalue weighted by Crippen LogP contribution is -2.35. The van der Waals surface area contributed by atoms with E-state index < -0.39 is 28.3 Å². The molecule has 0 aliphatic carbocycles. The number of hydrogen-bond donors (Lipinski definition) is 0. The second kappa shape index (κ2) is 12.1. The fourth-order valence-corrected chi connectivity index (χ4v) is 3.51. The largest absolute Gasteiger partial charge is 0.469 e. The van der Waals surface area contributed by atoms with Crippen LogP contribution in [-0.2, 0) is 41.7 Å². The van der Waals surface area contributed by atoms with Gasteiger partial charge in [-0.25, -0.2) is 4.79 Å². The molecule has 0 aliphatic rings. The molecule has 0 saturated carbocycles. The van der Waals surface area contributed by atoms with Crippen LogP contribution in [0.2, 0.25) is 0 Å². The Kier molecular flexibility index (Phi) is 9.48. The molecule has 31 heavy (non-hydrogen) atoms. The van der Waals surface area contributed by atoms with Gasteiger partial charge in [0.05, 0.1) is 25.9 Å². The maximum Gasteiger partial charge on any atom is 0.410 e. The average Bonchev–Trinajstić information content (AvgIpc) is 2.75. The monoisotopic (exact) mass is 449 g/mol. The van der Waals surface area contributed by atoms with Crippen molar-refractivity contribution < 1.29 is 31.7 Å². The summed E-state index contributed by atoms with van der Waals surface area (Å²) in [4.78, 5) is 25.8. The van der Waals surface area contributed by atoms with Gasteiger partial charge in [0, 0.05) is 13.1 Å². The van der Waals surface area contributed by atoms with E-state index in [0.717, 1.165) is 17.4 Å². The summed E-state index contributed by atoms with van der Waals surface area (Å²) in [6, 6.07) is 18.6. The molecule has 0 heterocycles. The summed E-state index contributed by atoms with van der Waals surface area (Å²) < 4.78 is 38.2. The fraction of sp³-hybridized carbons (Fsp3) is 0.364. The summed E-state index contributed by atoms with van der Waals surface area (Å²) in [6.45, 7) is 0.494. The smallest absolute Gasteiger partial charge is 0.410 e. The number of amides is 1. The topological polar surface area (TPSA) is 99.2 Å². The van der Waals surface area contributed by atoms with Gasteiger partial charge in [-0.3, -0.25) is 8.98 Å². The minimum atomic E-state index is -3.79. The standard InChI is InChI=1S/C22H27NO7S/c1-28-21(24)15-20(30-31(2,26)27)13-14-23(16-18-9-5-3-6-10-18)22(25)29-17-19-11-7-4-8-12-19/h3-12,20H,13-17H2,1-2H3. The van der Waals surface area contributed by atoms with Crippen LogP contribution in [0.4, 0.5) is 4.79 Å². The highest BCUT2D eigenvalue weighted by molar-refractivity contribution is 7.86. The SMILES string of the molecule is COC(=O)CC(CCN(Cc1ccccc1)C(=O)OCc1ccccc1)OS(C)(=O)=O. The molecule has 0 aliphatic heterocycles. The Morgan fingerprint density at radius 2 is 1.55 bits per heavy atom. The Hall–Kier alpha value is -2.91. The number of methoxy groups -OCH3 is 1. The van der Waals surface area contributed by atoms with E-state index in [-0.39, 0.29) is 32.5 Å². The van der Waals surface area contributed by atoms with Crippen LogP contribution in [0.1, 0.15) is 24.0 Å². The normalized spacial score (nSPS) is 12.1. The maximum atomic E-state index is 12.8. The van der Waals surface area contributed by atoms with Gasteiger partial charge in [0.1, 0.15) is 6.61 Å². The van der Waals surface area contributed by atoms with Crippen LogP contribution in [-0.4, -0.2) is 51.4 Å². The van der Waals surface area contributed by atoms with Crippen LogP contribution in [0.5, 0.6) is 0 Å². The molecule has 9 heteroatoms. The molecular formula is C22H27NO7S. The van der Waals surface area contributed by atoms with Crippen molar-refractivity contribution in [2.45, 2.75) is 32.1 Å². The number of carbonyl (C=O) groups is 2. The third kappa shape index (κ3) is 9.63. The lowest BCUT2D eigenvalue weighted by Gasteiger charge is -2.24. The minimum absolute atomic E-state index is 0.107. The summed E-state index contributed by atoms with van der Waals surface area (Å²) in [5.74, 6) is -0.602. The van der Waals surface area contributed by atoms with E-state index in [0.29, 0.717) is 0 Å². The lowest BCUT2D eigenvalue weighted by molar-refractivity contribution is -0.142. The molecule has 0 aromatic heterocycles. The predicted molar refractivity (Wildman–Crippen MR) is 114 cm³/mol. The molecule has 2 rings (SSSR count). The molecule has 168 valence electrons. The van der Waals surface area contributed by atoms with E-state index in [9.17, 15) is 18.0 Å². The van der Waals surface area contributed by atoms with E-state index in [1.54, 1.807) is 0 Å². The summed E-state index contributed by atoms with van der Waals surface area (Å²) in [5, 5.41) is 0. The van der Waals surface area contributed by atoms with Crippen molar-refractivity contribution in [2.24, 2.45) is 0 Å². The zero-order chi connectivity index (χ0) is 22.7. The highest BCUT2D eigenvalue weighted by Crippen LogP contribution is 2.14. The molecule has 2 aromatic rings. The number of carbonyl (C=O) groups excluding carboxylic acids is 2. The van der Waals surface area contributed by atoms with E-state index in [1.807, 2.05) is 60.7 Å². The van der Waals surface area contributed by atoms with Crippen LogP contribution < -0.4 is 0 Å². The summed E-state index contributed by atoms with van der Waals surface area (Å²) in [5.41, 5.74) is 1.73.